The van der Waals surface area contributed by atoms with Gasteiger partial charge in [0.05, 0.1) is 23.6 Å². The van der Waals surface area contributed by atoms with Gasteiger partial charge in [0.1, 0.15) is 11.6 Å². The molecule has 0 fully saturated rings. The highest BCUT2D eigenvalue weighted by molar-refractivity contribution is 6.00. The lowest BCUT2D eigenvalue weighted by atomic mass is 10.0. The van der Waals surface area contributed by atoms with Gasteiger partial charge in [-0.2, -0.15) is 5.10 Å². The van der Waals surface area contributed by atoms with Gasteiger partial charge in [-0.05, 0) is 30.2 Å². The molecule has 2 aromatic rings. The molecule has 1 atom stereocenters. The minimum Gasteiger partial charge on any atom is -0.387 e. The molecule has 0 saturated carbocycles. The molecule has 1 aromatic carbocycles. The molecule has 1 unspecified atom stereocenters. The van der Waals surface area contributed by atoms with Crippen molar-refractivity contribution in [2.45, 2.75) is 13.0 Å². The number of aliphatic hydroxyl groups excluding tert-OH is 1. The normalized spacial score (nSPS) is 12.5. The minimum atomic E-state index is -0.988. The Kier molecular flexibility index (Phi) is 6.19. The van der Waals surface area contributed by atoms with E-state index in [0.29, 0.717) is 5.57 Å². The molecule has 26 heavy (non-hydrogen) atoms. The van der Waals surface area contributed by atoms with Gasteiger partial charge in [0, 0.05) is 12.1 Å². The van der Waals surface area contributed by atoms with Crippen molar-refractivity contribution < 1.29 is 18.7 Å². The quantitative estimate of drug-likeness (QED) is 0.665. The second-order valence-corrected chi connectivity index (χ2v) is 5.52. The first kappa shape index (κ1) is 19.3. The third-order valence-electron chi connectivity index (χ3n) is 3.87. The Morgan fingerprint density at radius 1 is 1.38 bits per heavy atom. The summed E-state index contributed by atoms with van der Waals surface area (Å²) in [7, 11) is 0. The van der Waals surface area contributed by atoms with E-state index in [-0.39, 0.29) is 28.9 Å². The van der Waals surface area contributed by atoms with Gasteiger partial charge in [-0.1, -0.05) is 31.4 Å². The zero-order valence-electron chi connectivity index (χ0n) is 14.2. The smallest absolute Gasteiger partial charge is 0.255 e. The Bertz CT molecular complexity index is 872. The van der Waals surface area contributed by atoms with E-state index >= 15 is 0 Å². The molecule has 3 N–H and O–H groups in total. The van der Waals surface area contributed by atoms with Crippen molar-refractivity contribution in [2.24, 2.45) is 0 Å². The number of benzene rings is 1. The monoisotopic (exact) mass is 359 g/mol. The Morgan fingerprint density at radius 2 is 2.08 bits per heavy atom. The van der Waals surface area contributed by atoms with Crippen LogP contribution in [0.15, 0.2) is 55.3 Å². The molecule has 1 amide bonds. The first-order valence-electron chi connectivity index (χ1n) is 7.80. The van der Waals surface area contributed by atoms with Crippen LogP contribution in [0.1, 0.15) is 15.9 Å². The number of H-pyrrole nitrogens is 1. The van der Waals surface area contributed by atoms with E-state index in [1.165, 1.54) is 25.3 Å². The molecular weight excluding hydrogens is 340 g/mol. The molecule has 0 spiro atoms. The molecule has 0 radical (unpaired) electrons. The number of nitrogens with one attached hydrogen (secondary N) is 2. The largest absolute Gasteiger partial charge is 0.387 e. The number of carbonyl (C=O) groups excluding carboxylic acids is 1. The van der Waals surface area contributed by atoms with Gasteiger partial charge in [0.15, 0.2) is 0 Å². The van der Waals surface area contributed by atoms with E-state index in [4.69, 9.17) is 0 Å². The third-order valence-corrected chi connectivity index (χ3v) is 3.87. The number of aliphatic hydroxyl groups is 1. The number of rotatable bonds is 7. The van der Waals surface area contributed by atoms with Crippen LogP contribution < -0.4 is 5.32 Å². The van der Waals surface area contributed by atoms with Gasteiger partial charge < -0.3 is 10.4 Å². The summed E-state index contributed by atoms with van der Waals surface area (Å²) in [5.74, 6) is -1.86. The summed E-state index contributed by atoms with van der Waals surface area (Å²) in [6.45, 7) is 8.43. The summed E-state index contributed by atoms with van der Waals surface area (Å²) in [6.07, 6.45) is 4.74. The van der Waals surface area contributed by atoms with E-state index in [1.54, 1.807) is 6.08 Å². The minimum absolute atomic E-state index is 0.0395. The van der Waals surface area contributed by atoms with Crippen LogP contribution in [0.4, 0.5) is 8.78 Å². The molecule has 0 bridgehead atoms. The zero-order chi connectivity index (χ0) is 19.3. The first-order valence-corrected chi connectivity index (χ1v) is 7.80. The van der Waals surface area contributed by atoms with Gasteiger partial charge in [-0.15, -0.1) is 0 Å². The van der Waals surface area contributed by atoms with Crippen molar-refractivity contribution in [1.29, 1.82) is 0 Å². The Morgan fingerprint density at radius 3 is 2.73 bits per heavy atom. The lowest BCUT2D eigenvalue weighted by molar-refractivity contribution is 0.0931. The van der Waals surface area contributed by atoms with Gasteiger partial charge in [-0.3, -0.25) is 9.89 Å². The molecule has 5 nitrogen and oxygen atoms in total. The molecule has 2 rings (SSSR count). The van der Waals surface area contributed by atoms with Crippen LogP contribution in [0.2, 0.25) is 0 Å². The number of hydrogen-bond acceptors (Lipinski definition) is 3. The predicted octanol–water partition coefficient (Wildman–Crippen LogP) is 3.05. The maximum atomic E-state index is 14.2. The molecule has 7 heteroatoms. The maximum absolute atomic E-state index is 14.2. The van der Waals surface area contributed by atoms with Crippen molar-refractivity contribution in [3.63, 3.8) is 0 Å². The second kappa shape index (κ2) is 8.35. The van der Waals surface area contributed by atoms with E-state index < -0.39 is 23.6 Å². The third kappa shape index (κ3) is 3.94. The summed E-state index contributed by atoms with van der Waals surface area (Å²) in [5.41, 5.74) is 0.590. The Labute approximate surface area is 149 Å². The van der Waals surface area contributed by atoms with Gasteiger partial charge in [-0.25, -0.2) is 8.78 Å². The molecule has 1 aromatic heterocycles. The fraction of sp³-hybridized carbons (Fsp3) is 0.158. The van der Waals surface area contributed by atoms with E-state index in [0.717, 1.165) is 12.1 Å². The van der Waals surface area contributed by atoms with Crippen LogP contribution in [-0.2, 0) is 0 Å². The SMILES string of the molecule is C=C/C=C(\C=C)C(O)CNC(=O)c1cn[nH]c1-c1c(F)ccc(F)c1C. The zero-order valence-corrected chi connectivity index (χ0v) is 14.2. The lowest BCUT2D eigenvalue weighted by Gasteiger charge is -2.13. The number of halogens is 2. The molecular formula is C19H19F2N3O2. The van der Waals surface area contributed by atoms with Crippen molar-refractivity contribution >= 4 is 5.91 Å². The molecule has 0 aliphatic heterocycles. The average molecular weight is 359 g/mol. The number of aromatic nitrogens is 2. The first-order chi connectivity index (χ1) is 12.4. The highest BCUT2D eigenvalue weighted by Crippen LogP contribution is 2.29. The molecule has 136 valence electrons. The maximum Gasteiger partial charge on any atom is 0.255 e. The van der Waals surface area contributed by atoms with Crippen LogP contribution in [0.3, 0.4) is 0 Å². The number of allylic oxidation sites excluding steroid dienone is 2. The van der Waals surface area contributed by atoms with Crippen LogP contribution in [0, 0.1) is 18.6 Å². The highest BCUT2D eigenvalue weighted by atomic mass is 19.1. The van der Waals surface area contributed by atoms with Gasteiger partial charge >= 0.3 is 0 Å². The summed E-state index contributed by atoms with van der Waals surface area (Å²) < 4.78 is 28.0. The molecule has 0 saturated heterocycles. The number of hydrogen-bond donors (Lipinski definition) is 3. The topological polar surface area (TPSA) is 78.0 Å². The Hall–Kier alpha value is -3.06. The van der Waals surface area contributed by atoms with Crippen LogP contribution in [-0.4, -0.2) is 33.9 Å². The number of amides is 1. The van der Waals surface area contributed by atoms with Gasteiger partial charge in [0.25, 0.3) is 5.91 Å². The van der Waals surface area contributed by atoms with Crippen LogP contribution >= 0.6 is 0 Å². The van der Waals surface area contributed by atoms with Crippen molar-refractivity contribution in [3.8, 4) is 11.3 Å². The van der Waals surface area contributed by atoms with Crippen molar-refractivity contribution in [3.05, 3.63) is 78.0 Å². The number of carbonyl (C=O) groups is 1. The summed E-state index contributed by atoms with van der Waals surface area (Å²) in [5, 5.41) is 18.9. The lowest BCUT2D eigenvalue weighted by Crippen LogP contribution is -2.33. The van der Waals surface area contributed by atoms with Crippen LogP contribution in [0.25, 0.3) is 11.3 Å². The average Bonchev–Trinajstić information content (AvgIpc) is 3.10. The highest BCUT2D eigenvalue weighted by Gasteiger charge is 2.21. The number of nitrogens with zero attached hydrogens (tertiary/aromatic N) is 1. The standard InChI is InChI=1S/C19H19F2N3O2/c1-4-6-12(5-2)16(25)10-22-19(26)13-9-23-24-18(13)17-11(3)14(20)7-8-15(17)21/h4-9,16,25H,1-2,10H2,3H3,(H,22,26)(H,23,24)/b12-6+. The predicted molar refractivity (Wildman–Crippen MR) is 95.5 cm³/mol. The van der Waals surface area contributed by atoms with E-state index in [1.807, 2.05) is 0 Å². The Balaban J connectivity index is 2.25. The number of aromatic amines is 1. The summed E-state index contributed by atoms with van der Waals surface area (Å²) in [6, 6.07) is 2.00. The van der Waals surface area contributed by atoms with E-state index in [9.17, 15) is 18.7 Å². The van der Waals surface area contributed by atoms with Crippen molar-refractivity contribution in [1.82, 2.24) is 15.5 Å². The summed E-state index contributed by atoms with van der Waals surface area (Å²) >= 11 is 0. The second-order valence-electron chi connectivity index (χ2n) is 5.52. The van der Waals surface area contributed by atoms with Crippen LogP contribution in [0.5, 0.6) is 0 Å². The fourth-order valence-electron chi connectivity index (χ4n) is 2.46. The fourth-order valence-corrected chi connectivity index (χ4v) is 2.46. The van der Waals surface area contributed by atoms with Crippen molar-refractivity contribution in [2.75, 3.05) is 6.54 Å². The molecule has 0 aliphatic rings. The summed E-state index contributed by atoms with van der Waals surface area (Å²) in [4.78, 5) is 12.4. The molecule has 1 heterocycles. The van der Waals surface area contributed by atoms with E-state index in [2.05, 4.69) is 28.7 Å². The molecule has 0 aliphatic carbocycles. The van der Waals surface area contributed by atoms with Gasteiger partial charge in [0.2, 0.25) is 0 Å².